The van der Waals surface area contributed by atoms with E-state index in [1.54, 1.807) is 6.20 Å². The van der Waals surface area contributed by atoms with Gasteiger partial charge < -0.3 is 10.2 Å². The zero-order valence-electron chi connectivity index (χ0n) is 11.4. The van der Waals surface area contributed by atoms with Crippen LogP contribution in [0.1, 0.15) is 30.1 Å². The van der Waals surface area contributed by atoms with Crippen molar-refractivity contribution in [2.24, 2.45) is 0 Å². The van der Waals surface area contributed by atoms with Crippen molar-refractivity contribution in [3.8, 4) is 0 Å². The molecule has 0 aliphatic carbocycles. The number of anilines is 1. The predicted octanol–water partition coefficient (Wildman–Crippen LogP) is 2.48. The third kappa shape index (κ3) is 3.86. The molecule has 2 rings (SSSR count). The van der Waals surface area contributed by atoms with Crippen LogP contribution in [0.2, 0.25) is 0 Å². The maximum atomic E-state index is 12.6. The molecule has 1 aliphatic heterocycles. The van der Waals surface area contributed by atoms with Crippen LogP contribution < -0.4 is 5.32 Å². The molecule has 4 nitrogen and oxygen atoms in total. The molecular weight excluding hydrogens is 258 g/mol. The Morgan fingerprint density at radius 1 is 1.47 bits per heavy atom. The summed E-state index contributed by atoms with van der Waals surface area (Å²) in [5.74, 6) is 3.00. The number of hydrogen-bond acceptors (Lipinski definition) is 4. The van der Waals surface area contributed by atoms with E-state index in [0.29, 0.717) is 11.4 Å². The molecule has 1 amide bonds. The molecule has 2 heterocycles. The molecule has 0 spiro atoms. The van der Waals surface area contributed by atoms with Gasteiger partial charge in [0, 0.05) is 31.6 Å². The van der Waals surface area contributed by atoms with Gasteiger partial charge in [-0.25, -0.2) is 4.98 Å². The molecule has 0 aromatic carbocycles. The van der Waals surface area contributed by atoms with E-state index in [-0.39, 0.29) is 5.91 Å². The number of carbonyl (C=O) groups excluding carboxylic acids is 1. The van der Waals surface area contributed by atoms with Gasteiger partial charge in [-0.1, -0.05) is 6.92 Å². The lowest BCUT2D eigenvalue weighted by Gasteiger charge is -2.21. The van der Waals surface area contributed by atoms with Crippen LogP contribution in [0.15, 0.2) is 18.3 Å². The van der Waals surface area contributed by atoms with Crippen LogP contribution in [0.5, 0.6) is 0 Å². The van der Waals surface area contributed by atoms with Gasteiger partial charge in [-0.3, -0.25) is 4.79 Å². The molecular formula is C14H21N3OS. The Hall–Kier alpha value is -1.23. The number of pyridine rings is 1. The van der Waals surface area contributed by atoms with E-state index in [1.807, 2.05) is 28.8 Å². The number of nitrogens with one attached hydrogen (secondary N) is 1. The first-order valence-electron chi connectivity index (χ1n) is 6.89. The van der Waals surface area contributed by atoms with E-state index in [0.717, 1.165) is 44.0 Å². The summed E-state index contributed by atoms with van der Waals surface area (Å²) in [4.78, 5) is 18.8. The monoisotopic (exact) mass is 279 g/mol. The van der Waals surface area contributed by atoms with Gasteiger partial charge in [-0.05, 0) is 30.7 Å². The van der Waals surface area contributed by atoms with Crippen molar-refractivity contribution < 1.29 is 4.79 Å². The minimum Gasteiger partial charge on any atom is -0.369 e. The summed E-state index contributed by atoms with van der Waals surface area (Å²) >= 11 is 1.93. The second-order valence-corrected chi connectivity index (χ2v) is 5.81. The van der Waals surface area contributed by atoms with Crippen LogP contribution in [0.3, 0.4) is 0 Å². The SMILES string of the molecule is CCCNc1ncccc1C(=O)N1CCCSCC1. The van der Waals surface area contributed by atoms with Gasteiger partial charge >= 0.3 is 0 Å². The maximum absolute atomic E-state index is 12.6. The topological polar surface area (TPSA) is 45.2 Å². The maximum Gasteiger partial charge on any atom is 0.257 e. The Labute approximate surface area is 119 Å². The summed E-state index contributed by atoms with van der Waals surface area (Å²) in [7, 11) is 0. The van der Waals surface area contributed by atoms with Gasteiger partial charge in [0.05, 0.1) is 5.56 Å². The van der Waals surface area contributed by atoms with Gasteiger partial charge in [0.1, 0.15) is 5.82 Å². The second kappa shape index (κ2) is 7.38. The first kappa shape index (κ1) is 14.2. The first-order chi connectivity index (χ1) is 9.33. The molecule has 0 radical (unpaired) electrons. The number of rotatable bonds is 4. The fraction of sp³-hybridized carbons (Fsp3) is 0.571. The van der Waals surface area contributed by atoms with E-state index in [1.165, 1.54) is 0 Å². The summed E-state index contributed by atoms with van der Waals surface area (Å²) in [6.07, 6.45) is 3.83. The summed E-state index contributed by atoms with van der Waals surface area (Å²) in [5, 5.41) is 3.23. The van der Waals surface area contributed by atoms with Crippen LogP contribution in [-0.4, -0.2) is 46.9 Å². The van der Waals surface area contributed by atoms with Crippen LogP contribution in [0.25, 0.3) is 0 Å². The van der Waals surface area contributed by atoms with Gasteiger partial charge in [0.25, 0.3) is 5.91 Å². The molecule has 104 valence electrons. The van der Waals surface area contributed by atoms with Crippen LogP contribution in [0.4, 0.5) is 5.82 Å². The van der Waals surface area contributed by atoms with Gasteiger partial charge in [-0.15, -0.1) is 0 Å². The second-order valence-electron chi connectivity index (χ2n) is 4.58. The number of amides is 1. The van der Waals surface area contributed by atoms with Crippen molar-refractivity contribution >= 4 is 23.5 Å². The number of hydrogen-bond donors (Lipinski definition) is 1. The number of nitrogens with zero attached hydrogens (tertiary/aromatic N) is 2. The fourth-order valence-electron chi connectivity index (χ4n) is 2.08. The van der Waals surface area contributed by atoms with Crippen molar-refractivity contribution in [1.82, 2.24) is 9.88 Å². The third-order valence-corrected chi connectivity index (χ3v) is 4.14. The molecule has 5 heteroatoms. The van der Waals surface area contributed by atoms with Crippen molar-refractivity contribution in [3.05, 3.63) is 23.9 Å². The van der Waals surface area contributed by atoms with E-state index >= 15 is 0 Å². The molecule has 0 atom stereocenters. The van der Waals surface area contributed by atoms with Crippen LogP contribution in [-0.2, 0) is 0 Å². The summed E-state index contributed by atoms with van der Waals surface area (Å²) in [6.45, 7) is 4.64. The lowest BCUT2D eigenvalue weighted by atomic mass is 10.2. The van der Waals surface area contributed by atoms with Gasteiger partial charge in [0.2, 0.25) is 0 Å². The molecule has 1 fully saturated rings. The lowest BCUT2D eigenvalue weighted by Crippen LogP contribution is -2.33. The highest BCUT2D eigenvalue weighted by Gasteiger charge is 2.20. The third-order valence-electron chi connectivity index (χ3n) is 3.09. The minimum atomic E-state index is 0.106. The number of thioether (sulfide) groups is 1. The average Bonchev–Trinajstić information content (AvgIpc) is 2.73. The van der Waals surface area contributed by atoms with Crippen molar-refractivity contribution in [2.45, 2.75) is 19.8 Å². The molecule has 1 aromatic heterocycles. The number of carbonyl (C=O) groups is 1. The van der Waals surface area contributed by atoms with Crippen LogP contribution >= 0.6 is 11.8 Å². The Bertz CT molecular complexity index is 417. The average molecular weight is 279 g/mol. The molecule has 1 N–H and O–H groups in total. The highest BCUT2D eigenvalue weighted by atomic mass is 32.2. The molecule has 1 aromatic rings. The smallest absolute Gasteiger partial charge is 0.257 e. The highest BCUT2D eigenvalue weighted by molar-refractivity contribution is 7.99. The minimum absolute atomic E-state index is 0.106. The zero-order valence-corrected chi connectivity index (χ0v) is 12.2. The van der Waals surface area contributed by atoms with E-state index in [9.17, 15) is 4.79 Å². The predicted molar refractivity (Wildman–Crippen MR) is 80.9 cm³/mol. The fourth-order valence-corrected chi connectivity index (χ4v) is 2.97. The van der Waals surface area contributed by atoms with Gasteiger partial charge in [-0.2, -0.15) is 11.8 Å². The van der Waals surface area contributed by atoms with E-state index in [2.05, 4.69) is 17.2 Å². The molecule has 19 heavy (non-hydrogen) atoms. The van der Waals surface area contributed by atoms with Crippen molar-refractivity contribution in [1.29, 1.82) is 0 Å². The number of aromatic nitrogens is 1. The normalized spacial score (nSPS) is 15.9. The lowest BCUT2D eigenvalue weighted by molar-refractivity contribution is 0.0769. The van der Waals surface area contributed by atoms with Crippen molar-refractivity contribution in [3.63, 3.8) is 0 Å². The van der Waals surface area contributed by atoms with Crippen LogP contribution in [0, 0.1) is 0 Å². The van der Waals surface area contributed by atoms with Crippen molar-refractivity contribution in [2.75, 3.05) is 36.5 Å². The molecule has 1 saturated heterocycles. The summed E-state index contributed by atoms with van der Waals surface area (Å²) in [5.41, 5.74) is 0.697. The zero-order chi connectivity index (χ0) is 13.5. The first-order valence-corrected chi connectivity index (χ1v) is 8.04. The van der Waals surface area contributed by atoms with E-state index < -0.39 is 0 Å². The van der Waals surface area contributed by atoms with E-state index in [4.69, 9.17) is 0 Å². The Morgan fingerprint density at radius 3 is 3.21 bits per heavy atom. The van der Waals surface area contributed by atoms with Gasteiger partial charge in [0.15, 0.2) is 0 Å². The highest BCUT2D eigenvalue weighted by Crippen LogP contribution is 2.17. The quantitative estimate of drug-likeness (QED) is 0.919. The molecule has 0 unspecified atom stereocenters. The Kier molecular flexibility index (Phi) is 5.51. The summed E-state index contributed by atoms with van der Waals surface area (Å²) in [6, 6.07) is 3.70. The molecule has 0 saturated carbocycles. The molecule has 0 bridgehead atoms. The largest absolute Gasteiger partial charge is 0.369 e. The standard InChI is InChI=1S/C14H21N3OS/c1-2-6-15-13-12(5-3-7-16-13)14(18)17-8-4-10-19-11-9-17/h3,5,7H,2,4,6,8-11H2,1H3,(H,15,16). The Morgan fingerprint density at radius 2 is 2.37 bits per heavy atom. The Balaban J connectivity index is 2.12. The summed E-state index contributed by atoms with van der Waals surface area (Å²) < 4.78 is 0. The molecule has 1 aliphatic rings.